The van der Waals surface area contributed by atoms with E-state index in [1.54, 1.807) is 42.7 Å². The molecule has 0 radical (unpaired) electrons. The smallest absolute Gasteiger partial charge is 0.341 e. The molecule has 1 saturated carbocycles. The molecular formula is C22H19FN4O4. The summed E-state index contributed by atoms with van der Waals surface area (Å²) in [7, 11) is 0. The van der Waals surface area contributed by atoms with Gasteiger partial charge >= 0.3 is 5.97 Å². The topological polar surface area (TPSA) is 106 Å². The van der Waals surface area contributed by atoms with Crippen LogP contribution in [-0.2, 0) is 15.1 Å². The van der Waals surface area contributed by atoms with E-state index in [1.807, 2.05) is 0 Å². The lowest BCUT2D eigenvalue weighted by Gasteiger charge is -2.39. The van der Waals surface area contributed by atoms with Gasteiger partial charge in [-0.15, -0.1) is 0 Å². The van der Waals surface area contributed by atoms with Gasteiger partial charge in [0.05, 0.1) is 16.9 Å². The number of rotatable bonds is 3. The molecular weight excluding hydrogens is 403 g/mol. The fourth-order valence-corrected chi connectivity index (χ4v) is 4.21. The third-order valence-electron chi connectivity index (χ3n) is 5.98. The maximum atomic E-state index is 13.1. The predicted molar refractivity (Wildman–Crippen MR) is 107 cm³/mol. The summed E-state index contributed by atoms with van der Waals surface area (Å²) in [5, 5.41) is 17.9. The lowest BCUT2D eigenvalue weighted by atomic mass is 9.74. The number of ether oxygens (including phenoxy) is 1. The molecule has 1 amide bonds. The molecule has 1 aliphatic heterocycles. The fourth-order valence-electron chi connectivity index (χ4n) is 4.21. The van der Waals surface area contributed by atoms with Crippen molar-refractivity contribution in [1.29, 1.82) is 0 Å². The number of aliphatic hydroxyl groups is 1. The lowest BCUT2D eigenvalue weighted by Crippen LogP contribution is -2.49. The molecule has 1 fully saturated rings. The van der Waals surface area contributed by atoms with Crippen LogP contribution in [0.25, 0.3) is 5.69 Å². The van der Waals surface area contributed by atoms with Crippen LogP contribution >= 0.6 is 0 Å². The first-order chi connectivity index (χ1) is 14.9. The molecule has 8 nitrogen and oxygen atoms in total. The second kappa shape index (κ2) is 6.98. The summed E-state index contributed by atoms with van der Waals surface area (Å²) >= 11 is 0. The molecule has 0 atom stereocenters. The number of esters is 1. The molecule has 2 N–H and O–H groups in total. The molecule has 1 aliphatic carbocycles. The van der Waals surface area contributed by atoms with Crippen LogP contribution in [0.2, 0.25) is 0 Å². The molecule has 0 bridgehead atoms. The number of pyridine rings is 1. The van der Waals surface area contributed by atoms with E-state index in [-0.39, 0.29) is 37.3 Å². The highest BCUT2D eigenvalue weighted by Crippen LogP contribution is 2.48. The molecule has 0 saturated heterocycles. The average Bonchev–Trinajstić information content (AvgIpc) is 3.34. The zero-order valence-electron chi connectivity index (χ0n) is 16.4. The number of anilines is 1. The second-order valence-corrected chi connectivity index (χ2v) is 7.89. The number of carbonyl (C=O) groups is 2. The molecule has 9 heteroatoms. The number of nitrogens with zero attached hydrogens (tertiary/aromatic N) is 3. The average molecular weight is 422 g/mol. The van der Waals surface area contributed by atoms with Crippen LogP contribution in [0.15, 0.2) is 54.9 Å². The Hall–Kier alpha value is -3.59. The van der Waals surface area contributed by atoms with Crippen LogP contribution < -0.4 is 5.32 Å². The maximum absolute atomic E-state index is 13.1. The maximum Gasteiger partial charge on any atom is 0.341 e. The van der Waals surface area contributed by atoms with Crippen LogP contribution in [-0.4, -0.2) is 37.3 Å². The van der Waals surface area contributed by atoms with Gasteiger partial charge in [-0.05, 0) is 62.1 Å². The number of hydrogen-bond donors (Lipinski definition) is 2. The normalized spacial score (nSPS) is 24.6. The Balaban J connectivity index is 1.28. The standard InChI is InChI=1S/C22H19FN4O4/c23-14-3-5-15(6-4-14)27-13-7-17(26-27)25-20(29)21(30)8-10-22(11-9-21)18-16(19(28)31-22)2-1-12-24-18/h1-7,12-13,30H,8-11H2,(H,25,26,29). The van der Waals surface area contributed by atoms with Crippen molar-refractivity contribution in [3.63, 3.8) is 0 Å². The minimum Gasteiger partial charge on any atom is -0.449 e. The summed E-state index contributed by atoms with van der Waals surface area (Å²) in [4.78, 5) is 29.3. The first-order valence-electron chi connectivity index (χ1n) is 9.93. The largest absolute Gasteiger partial charge is 0.449 e. The zero-order valence-corrected chi connectivity index (χ0v) is 16.4. The van der Waals surface area contributed by atoms with Crippen LogP contribution in [0.5, 0.6) is 0 Å². The number of benzene rings is 1. The number of halogens is 1. The predicted octanol–water partition coefficient (Wildman–Crippen LogP) is 2.72. The Morgan fingerprint density at radius 2 is 1.87 bits per heavy atom. The third-order valence-corrected chi connectivity index (χ3v) is 5.98. The van der Waals surface area contributed by atoms with Crippen molar-refractivity contribution >= 4 is 17.7 Å². The quantitative estimate of drug-likeness (QED) is 0.629. The highest BCUT2D eigenvalue weighted by molar-refractivity contribution is 5.97. The highest BCUT2D eigenvalue weighted by Gasteiger charge is 2.53. The Labute approximate surface area is 176 Å². The molecule has 1 aromatic carbocycles. The van der Waals surface area contributed by atoms with Crippen molar-refractivity contribution in [3.8, 4) is 5.69 Å². The van der Waals surface area contributed by atoms with Crippen molar-refractivity contribution in [2.75, 3.05) is 5.32 Å². The van der Waals surface area contributed by atoms with Gasteiger partial charge in [-0.1, -0.05) is 0 Å². The van der Waals surface area contributed by atoms with E-state index in [9.17, 15) is 19.1 Å². The monoisotopic (exact) mass is 422 g/mol. The van der Waals surface area contributed by atoms with E-state index in [0.29, 0.717) is 16.9 Å². The molecule has 158 valence electrons. The van der Waals surface area contributed by atoms with E-state index in [1.165, 1.54) is 16.8 Å². The number of carbonyl (C=O) groups excluding carboxylic acids is 2. The fraction of sp³-hybridized carbons (Fsp3) is 0.273. The number of aromatic nitrogens is 3. The first kappa shape index (κ1) is 19.4. The molecule has 1 spiro atoms. The minimum atomic E-state index is -1.62. The van der Waals surface area contributed by atoms with Gasteiger partial charge in [-0.3, -0.25) is 9.78 Å². The highest BCUT2D eigenvalue weighted by atomic mass is 19.1. The Kier molecular flexibility index (Phi) is 4.37. The number of nitrogens with one attached hydrogen (secondary N) is 1. The van der Waals surface area contributed by atoms with E-state index in [2.05, 4.69) is 15.4 Å². The Morgan fingerprint density at radius 1 is 1.13 bits per heavy atom. The van der Waals surface area contributed by atoms with Gasteiger partial charge in [0.2, 0.25) is 0 Å². The summed E-state index contributed by atoms with van der Waals surface area (Å²) in [5.41, 5.74) is -0.877. The summed E-state index contributed by atoms with van der Waals surface area (Å²) in [6.07, 6.45) is 4.03. The number of fused-ring (bicyclic) bond motifs is 2. The third kappa shape index (κ3) is 3.27. The summed E-state index contributed by atoms with van der Waals surface area (Å²) in [6.45, 7) is 0. The Morgan fingerprint density at radius 3 is 2.61 bits per heavy atom. The van der Waals surface area contributed by atoms with Crippen LogP contribution in [0, 0.1) is 5.82 Å². The van der Waals surface area contributed by atoms with E-state index < -0.39 is 23.1 Å². The molecule has 3 heterocycles. The van der Waals surface area contributed by atoms with E-state index >= 15 is 0 Å². The summed E-state index contributed by atoms with van der Waals surface area (Å²) in [5.74, 6) is -1.09. The van der Waals surface area contributed by atoms with Gasteiger partial charge in [0.1, 0.15) is 11.4 Å². The van der Waals surface area contributed by atoms with Crippen molar-refractivity contribution in [2.45, 2.75) is 36.9 Å². The van der Waals surface area contributed by atoms with Gasteiger partial charge in [0.15, 0.2) is 11.4 Å². The van der Waals surface area contributed by atoms with Gasteiger partial charge in [0.25, 0.3) is 5.91 Å². The summed E-state index contributed by atoms with van der Waals surface area (Å²) < 4.78 is 20.2. The number of amides is 1. The molecule has 0 unspecified atom stereocenters. The molecule has 5 rings (SSSR count). The zero-order chi connectivity index (χ0) is 21.6. The molecule has 2 aliphatic rings. The molecule has 31 heavy (non-hydrogen) atoms. The Bertz CT molecular complexity index is 1170. The first-order valence-corrected chi connectivity index (χ1v) is 9.93. The van der Waals surface area contributed by atoms with Crippen LogP contribution in [0.1, 0.15) is 41.7 Å². The van der Waals surface area contributed by atoms with E-state index in [0.717, 1.165) is 0 Å². The summed E-state index contributed by atoms with van der Waals surface area (Å²) in [6, 6.07) is 10.7. The van der Waals surface area contributed by atoms with Gasteiger partial charge < -0.3 is 15.2 Å². The SMILES string of the molecule is O=C1OC2(CCC(O)(C(=O)Nc3ccn(-c4ccc(F)cc4)n3)CC2)c2ncccc21. The van der Waals surface area contributed by atoms with Crippen LogP contribution in [0.3, 0.4) is 0 Å². The van der Waals surface area contributed by atoms with Crippen molar-refractivity contribution in [2.24, 2.45) is 0 Å². The van der Waals surface area contributed by atoms with Gasteiger partial charge in [-0.2, -0.15) is 5.10 Å². The van der Waals surface area contributed by atoms with Crippen molar-refractivity contribution in [3.05, 3.63) is 71.9 Å². The molecule has 2 aromatic heterocycles. The van der Waals surface area contributed by atoms with E-state index in [4.69, 9.17) is 4.74 Å². The van der Waals surface area contributed by atoms with Crippen molar-refractivity contribution < 1.29 is 23.8 Å². The van der Waals surface area contributed by atoms with Crippen molar-refractivity contribution in [1.82, 2.24) is 14.8 Å². The van der Waals surface area contributed by atoms with Crippen LogP contribution in [0.4, 0.5) is 10.2 Å². The number of hydrogen-bond acceptors (Lipinski definition) is 6. The minimum absolute atomic E-state index is 0.112. The van der Waals surface area contributed by atoms with Gasteiger partial charge in [0, 0.05) is 18.5 Å². The lowest BCUT2D eigenvalue weighted by molar-refractivity contribution is -0.144. The van der Waals surface area contributed by atoms with Gasteiger partial charge in [-0.25, -0.2) is 13.9 Å². The molecule has 3 aromatic rings. The second-order valence-electron chi connectivity index (χ2n) is 7.89.